The highest BCUT2D eigenvalue weighted by Gasteiger charge is 2.47. The molecular formula is C22H23ClN4O5S. The first-order valence-corrected chi connectivity index (χ1v) is 11.8. The van der Waals surface area contributed by atoms with E-state index in [2.05, 4.69) is 17.3 Å². The highest BCUT2D eigenvalue weighted by molar-refractivity contribution is 7.92. The number of sulfonamides is 1. The van der Waals surface area contributed by atoms with Crippen LogP contribution in [0.15, 0.2) is 66.1 Å². The summed E-state index contributed by atoms with van der Waals surface area (Å²) in [5.41, 5.74) is 1.45. The summed E-state index contributed by atoms with van der Waals surface area (Å²) in [5.74, 6) is -1.41. The van der Waals surface area contributed by atoms with Crippen LogP contribution in [0.5, 0.6) is 0 Å². The van der Waals surface area contributed by atoms with Crippen LogP contribution >= 0.6 is 11.6 Å². The second-order valence-electron chi connectivity index (χ2n) is 7.53. The van der Waals surface area contributed by atoms with Crippen molar-refractivity contribution in [2.75, 3.05) is 10.8 Å². The molecule has 0 aliphatic carbocycles. The fraction of sp³-hybridized carbons (Fsp3) is 0.227. The van der Waals surface area contributed by atoms with Gasteiger partial charge in [0.05, 0.1) is 17.1 Å². The third-order valence-corrected chi connectivity index (χ3v) is 7.32. The van der Waals surface area contributed by atoms with Gasteiger partial charge in [0.2, 0.25) is 0 Å². The van der Waals surface area contributed by atoms with Crippen LogP contribution in [0.1, 0.15) is 30.6 Å². The van der Waals surface area contributed by atoms with E-state index in [0.717, 1.165) is 4.31 Å². The average molecular weight is 491 g/mol. The molecular weight excluding hydrogens is 468 g/mol. The fourth-order valence-electron chi connectivity index (χ4n) is 3.18. The predicted octanol–water partition coefficient (Wildman–Crippen LogP) is 3.09. The van der Waals surface area contributed by atoms with E-state index < -0.39 is 33.4 Å². The van der Waals surface area contributed by atoms with Crippen LogP contribution in [-0.4, -0.2) is 43.4 Å². The number of benzene rings is 2. The highest BCUT2D eigenvalue weighted by atomic mass is 35.5. The van der Waals surface area contributed by atoms with Crippen LogP contribution in [0.3, 0.4) is 0 Å². The first kappa shape index (κ1) is 24.3. The number of nitrogens with zero attached hydrogens (tertiary/aromatic N) is 2. The molecule has 1 unspecified atom stereocenters. The number of hydrogen-bond donors (Lipinski definition) is 2. The second kappa shape index (κ2) is 9.24. The minimum atomic E-state index is -4.08. The van der Waals surface area contributed by atoms with E-state index in [1.54, 1.807) is 38.1 Å². The number of hydrazine groups is 1. The van der Waals surface area contributed by atoms with E-state index in [0.29, 0.717) is 22.1 Å². The SMILES string of the molecule is C=CCN(c1ccc(Cl)cc1)S(=O)(=O)c1cccc(C(=O)NN2C(=O)NC(C)(CC)C2=O)c1. The van der Waals surface area contributed by atoms with Gasteiger partial charge in [0.15, 0.2) is 0 Å². The van der Waals surface area contributed by atoms with E-state index in [1.165, 1.54) is 30.3 Å². The Labute approximate surface area is 197 Å². The number of carbonyl (C=O) groups is 3. The molecule has 3 rings (SSSR count). The topological polar surface area (TPSA) is 116 Å². The first-order chi connectivity index (χ1) is 15.5. The Morgan fingerprint density at radius 3 is 2.48 bits per heavy atom. The Bertz CT molecular complexity index is 1220. The number of amides is 4. The summed E-state index contributed by atoms with van der Waals surface area (Å²) in [4.78, 5) is 37.3. The number of halogens is 1. The largest absolute Gasteiger partial charge is 0.344 e. The van der Waals surface area contributed by atoms with Crippen molar-refractivity contribution in [3.8, 4) is 0 Å². The average Bonchev–Trinajstić information content (AvgIpc) is 3.01. The van der Waals surface area contributed by atoms with E-state index in [9.17, 15) is 22.8 Å². The standard InChI is InChI=1S/C22H23ClN4O5S/c1-4-13-26(17-11-9-16(23)10-12-17)33(31,32)18-8-6-7-15(14-18)19(28)25-27-20(29)22(3,5-2)24-21(27)30/h4,6-12,14H,1,5,13H2,2-3H3,(H,24,30)(H,25,28). The quantitative estimate of drug-likeness (QED) is 0.435. The van der Waals surface area contributed by atoms with Gasteiger partial charge in [0.1, 0.15) is 5.54 Å². The van der Waals surface area contributed by atoms with Crippen LogP contribution in [0.25, 0.3) is 0 Å². The molecule has 11 heteroatoms. The smallest absolute Gasteiger partial charge is 0.322 e. The van der Waals surface area contributed by atoms with Gasteiger partial charge >= 0.3 is 6.03 Å². The van der Waals surface area contributed by atoms with E-state index >= 15 is 0 Å². The zero-order chi connectivity index (χ0) is 24.4. The van der Waals surface area contributed by atoms with Crippen LogP contribution < -0.4 is 15.0 Å². The number of carbonyl (C=O) groups excluding carboxylic acids is 3. The van der Waals surface area contributed by atoms with E-state index in [-0.39, 0.29) is 17.0 Å². The van der Waals surface area contributed by atoms with Crippen molar-refractivity contribution in [2.45, 2.75) is 30.7 Å². The number of urea groups is 1. The minimum absolute atomic E-state index is 0.0154. The third kappa shape index (κ3) is 4.71. The predicted molar refractivity (Wildman–Crippen MR) is 124 cm³/mol. The van der Waals surface area contributed by atoms with Crippen molar-refractivity contribution in [3.63, 3.8) is 0 Å². The number of anilines is 1. The van der Waals surface area contributed by atoms with E-state index in [1.807, 2.05) is 0 Å². The van der Waals surface area contributed by atoms with Gasteiger partial charge in [-0.2, -0.15) is 5.01 Å². The number of rotatable bonds is 8. The van der Waals surface area contributed by atoms with Gasteiger partial charge in [-0.3, -0.25) is 19.3 Å². The molecule has 1 saturated heterocycles. The van der Waals surface area contributed by atoms with Gasteiger partial charge in [0.25, 0.3) is 21.8 Å². The molecule has 2 aromatic rings. The van der Waals surface area contributed by atoms with Gasteiger partial charge in [-0.15, -0.1) is 6.58 Å². The Kier molecular flexibility index (Phi) is 6.80. The molecule has 0 saturated carbocycles. The first-order valence-electron chi connectivity index (χ1n) is 10.0. The maximum absolute atomic E-state index is 13.3. The summed E-state index contributed by atoms with van der Waals surface area (Å²) in [7, 11) is -4.08. The number of hydrogen-bond acceptors (Lipinski definition) is 5. The molecule has 1 aliphatic heterocycles. The molecule has 0 aromatic heterocycles. The Morgan fingerprint density at radius 2 is 1.91 bits per heavy atom. The van der Waals surface area contributed by atoms with E-state index in [4.69, 9.17) is 11.6 Å². The zero-order valence-electron chi connectivity index (χ0n) is 18.0. The monoisotopic (exact) mass is 490 g/mol. The molecule has 174 valence electrons. The van der Waals surface area contributed by atoms with Gasteiger partial charge in [-0.1, -0.05) is 30.7 Å². The lowest BCUT2D eigenvalue weighted by atomic mass is 10.00. The maximum Gasteiger partial charge on any atom is 0.344 e. The summed E-state index contributed by atoms with van der Waals surface area (Å²) >= 11 is 5.91. The molecule has 4 amide bonds. The van der Waals surface area contributed by atoms with Crippen molar-refractivity contribution < 1.29 is 22.8 Å². The van der Waals surface area contributed by atoms with Crippen LogP contribution in [0.4, 0.5) is 10.5 Å². The van der Waals surface area contributed by atoms with Crippen molar-refractivity contribution in [1.82, 2.24) is 15.8 Å². The highest BCUT2D eigenvalue weighted by Crippen LogP contribution is 2.26. The lowest BCUT2D eigenvalue weighted by Gasteiger charge is -2.23. The van der Waals surface area contributed by atoms with Crippen molar-refractivity contribution in [3.05, 3.63) is 71.8 Å². The Morgan fingerprint density at radius 1 is 1.24 bits per heavy atom. The van der Waals surface area contributed by atoms with Gasteiger partial charge in [-0.05, 0) is 55.8 Å². The van der Waals surface area contributed by atoms with Gasteiger partial charge < -0.3 is 5.32 Å². The molecule has 0 bridgehead atoms. The van der Waals surface area contributed by atoms with Crippen molar-refractivity contribution in [1.29, 1.82) is 0 Å². The molecule has 0 spiro atoms. The summed E-state index contributed by atoms with van der Waals surface area (Å²) in [6.07, 6.45) is 1.77. The van der Waals surface area contributed by atoms with Gasteiger partial charge in [0, 0.05) is 10.6 Å². The molecule has 0 radical (unpaired) electrons. The molecule has 33 heavy (non-hydrogen) atoms. The van der Waals surface area contributed by atoms with Crippen LogP contribution in [0, 0.1) is 0 Å². The fourth-order valence-corrected chi connectivity index (χ4v) is 4.79. The lowest BCUT2D eigenvalue weighted by Crippen LogP contribution is -2.48. The number of nitrogens with one attached hydrogen (secondary N) is 2. The second-order valence-corrected chi connectivity index (χ2v) is 9.83. The molecule has 2 aromatic carbocycles. The van der Waals surface area contributed by atoms with Crippen LogP contribution in [0.2, 0.25) is 5.02 Å². The zero-order valence-corrected chi connectivity index (χ0v) is 19.6. The summed E-state index contributed by atoms with van der Waals surface area (Å²) in [5, 5.41) is 3.58. The summed E-state index contributed by atoms with van der Waals surface area (Å²) in [6, 6.07) is 10.8. The molecule has 1 heterocycles. The molecule has 1 fully saturated rings. The lowest BCUT2D eigenvalue weighted by molar-refractivity contribution is -0.132. The van der Waals surface area contributed by atoms with Crippen molar-refractivity contribution >= 4 is 45.2 Å². The third-order valence-electron chi connectivity index (χ3n) is 5.28. The summed E-state index contributed by atoms with van der Waals surface area (Å²) < 4.78 is 27.8. The minimum Gasteiger partial charge on any atom is -0.322 e. The molecule has 9 nitrogen and oxygen atoms in total. The van der Waals surface area contributed by atoms with Gasteiger partial charge in [-0.25, -0.2) is 13.2 Å². The molecule has 1 atom stereocenters. The normalized spacial score (nSPS) is 18.1. The summed E-state index contributed by atoms with van der Waals surface area (Å²) in [6.45, 7) is 6.88. The Balaban J connectivity index is 1.89. The Hall–Kier alpha value is -3.37. The molecule has 1 aliphatic rings. The van der Waals surface area contributed by atoms with Crippen molar-refractivity contribution in [2.24, 2.45) is 0 Å². The maximum atomic E-state index is 13.3. The van der Waals surface area contributed by atoms with Crippen LogP contribution in [-0.2, 0) is 14.8 Å². The molecule has 2 N–H and O–H groups in total. The number of imide groups is 1.